The molecule has 0 N–H and O–H groups in total. The maximum atomic E-state index is 12.5. The number of Topliss-reactive ketones (excluding diaryl/α,β-unsaturated/α-hetero) is 1. The molecule has 2 rings (SSSR count). The van der Waals surface area contributed by atoms with Crippen LogP contribution in [0.4, 0.5) is 13.2 Å². The van der Waals surface area contributed by atoms with Crippen molar-refractivity contribution in [1.82, 2.24) is 0 Å². The molecule has 0 saturated heterocycles. The molecule has 5 heteroatoms. The van der Waals surface area contributed by atoms with E-state index in [4.69, 9.17) is 0 Å². The molecule has 0 atom stereocenters. The fourth-order valence-electron chi connectivity index (χ4n) is 2.10. The summed E-state index contributed by atoms with van der Waals surface area (Å²) in [6, 6.07) is 17.5. The number of halogens is 3. The average molecular weight is 294 g/mol. The minimum atomic E-state index is -4.76. The van der Waals surface area contributed by atoms with Crippen LogP contribution < -0.4 is 10.4 Å². The van der Waals surface area contributed by atoms with Gasteiger partial charge in [0.25, 0.3) is 0 Å². The average Bonchev–Trinajstić information content (AvgIpc) is 2.45. The number of alkyl halides is 3. The SMILES string of the molecule is O=C(C[SiH](c1ccccc1)c1ccccc1)C(F)(F)F. The molecule has 0 amide bonds. The summed E-state index contributed by atoms with van der Waals surface area (Å²) in [4.78, 5) is 11.3. The van der Waals surface area contributed by atoms with E-state index >= 15 is 0 Å². The van der Waals surface area contributed by atoms with Gasteiger partial charge in [0.05, 0.1) is 0 Å². The summed E-state index contributed by atoms with van der Waals surface area (Å²) in [7, 11) is -2.18. The third kappa shape index (κ3) is 3.57. The summed E-state index contributed by atoms with van der Waals surface area (Å²) in [5, 5.41) is 1.69. The lowest BCUT2D eigenvalue weighted by atomic mass is 10.4. The zero-order valence-electron chi connectivity index (χ0n) is 10.6. The lowest BCUT2D eigenvalue weighted by Crippen LogP contribution is -2.45. The van der Waals surface area contributed by atoms with E-state index in [9.17, 15) is 18.0 Å². The Morgan fingerprint density at radius 3 is 1.60 bits per heavy atom. The zero-order chi connectivity index (χ0) is 14.6. The first-order chi connectivity index (χ1) is 9.48. The fourth-order valence-corrected chi connectivity index (χ4v) is 4.93. The third-order valence-corrected chi connectivity index (χ3v) is 6.27. The van der Waals surface area contributed by atoms with Gasteiger partial charge in [0.2, 0.25) is 5.78 Å². The van der Waals surface area contributed by atoms with Crippen molar-refractivity contribution in [3.63, 3.8) is 0 Å². The van der Waals surface area contributed by atoms with E-state index in [1.165, 1.54) is 0 Å². The third-order valence-electron chi connectivity index (χ3n) is 3.11. The van der Waals surface area contributed by atoms with Gasteiger partial charge in [-0.3, -0.25) is 4.79 Å². The number of carbonyl (C=O) groups excluding carboxylic acids is 1. The second-order valence-electron chi connectivity index (χ2n) is 4.50. The highest BCUT2D eigenvalue weighted by Crippen LogP contribution is 2.19. The lowest BCUT2D eigenvalue weighted by molar-refractivity contribution is -0.168. The molecule has 0 heterocycles. The number of benzene rings is 2. The van der Waals surface area contributed by atoms with Crippen molar-refractivity contribution in [1.29, 1.82) is 0 Å². The largest absolute Gasteiger partial charge is 0.449 e. The van der Waals surface area contributed by atoms with Gasteiger partial charge in [-0.1, -0.05) is 71.0 Å². The maximum absolute atomic E-state index is 12.5. The topological polar surface area (TPSA) is 17.1 Å². The van der Waals surface area contributed by atoms with Crippen LogP contribution in [-0.2, 0) is 4.79 Å². The Balaban J connectivity index is 2.34. The summed E-state index contributed by atoms with van der Waals surface area (Å²) < 4.78 is 37.5. The first-order valence-electron chi connectivity index (χ1n) is 6.18. The second kappa shape index (κ2) is 6.05. The molecule has 0 aromatic heterocycles. The monoisotopic (exact) mass is 294 g/mol. The minimum Gasteiger partial charge on any atom is -0.290 e. The molecule has 0 bridgehead atoms. The first kappa shape index (κ1) is 14.5. The van der Waals surface area contributed by atoms with Gasteiger partial charge >= 0.3 is 6.18 Å². The van der Waals surface area contributed by atoms with E-state index in [1.807, 2.05) is 12.1 Å². The van der Waals surface area contributed by atoms with Crippen LogP contribution in [0.3, 0.4) is 0 Å². The number of rotatable bonds is 4. The molecule has 0 aliphatic heterocycles. The van der Waals surface area contributed by atoms with Gasteiger partial charge in [-0.05, 0) is 0 Å². The van der Waals surface area contributed by atoms with Crippen molar-refractivity contribution in [2.75, 3.05) is 0 Å². The smallest absolute Gasteiger partial charge is 0.290 e. The highest BCUT2D eigenvalue weighted by atomic mass is 28.3. The van der Waals surface area contributed by atoms with Crippen LogP contribution in [0.1, 0.15) is 0 Å². The van der Waals surface area contributed by atoms with E-state index in [0.717, 1.165) is 10.4 Å². The Kier molecular flexibility index (Phi) is 4.39. The van der Waals surface area contributed by atoms with Gasteiger partial charge in [0.1, 0.15) is 8.80 Å². The Bertz CT molecular complexity index is 527. The predicted octanol–water partition coefficient (Wildman–Crippen LogP) is 2.16. The van der Waals surface area contributed by atoms with Crippen molar-refractivity contribution in [2.24, 2.45) is 0 Å². The standard InChI is InChI=1S/C15H13F3OSi/c16-15(17,18)14(19)11-20(12-7-3-1-4-8-12)13-9-5-2-6-10-13/h1-10,20H,11H2. The zero-order valence-corrected chi connectivity index (χ0v) is 11.8. The van der Waals surface area contributed by atoms with E-state index in [-0.39, 0.29) is 0 Å². The van der Waals surface area contributed by atoms with Crippen molar-refractivity contribution >= 4 is 25.0 Å². The molecular weight excluding hydrogens is 281 g/mol. The molecule has 0 aliphatic rings. The van der Waals surface area contributed by atoms with Gasteiger partial charge in [0.15, 0.2) is 0 Å². The van der Waals surface area contributed by atoms with E-state index in [2.05, 4.69) is 0 Å². The van der Waals surface area contributed by atoms with E-state index in [1.54, 1.807) is 48.5 Å². The van der Waals surface area contributed by atoms with Crippen molar-refractivity contribution < 1.29 is 18.0 Å². The Hall–Kier alpha value is -1.88. The molecule has 2 aromatic carbocycles. The van der Waals surface area contributed by atoms with Crippen LogP contribution in [0, 0.1) is 0 Å². The van der Waals surface area contributed by atoms with Gasteiger partial charge < -0.3 is 0 Å². The normalized spacial score (nSPS) is 11.6. The highest BCUT2D eigenvalue weighted by molar-refractivity contribution is 6.87. The van der Waals surface area contributed by atoms with Crippen molar-refractivity contribution in [2.45, 2.75) is 12.2 Å². The number of hydrogen-bond acceptors (Lipinski definition) is 1. The van der Waals surface area contributed by atoms with Gasteiger partial charge in [-0.15, -0.1) is 0 Å². The summed E-state index contributed by atoms with van der Waals surface area (Å²) in [6.07, 6.45) is -4.76. The Morgan fingerprint density at radius 2 is 1.25 bits per heavy atom. The Morgan fingerprint density at radius 1 is 0.850 bits per heavy atom. The molecule has 0 spiro atoms. The maximum Gasteiger partial charge on any atom is 0.449 e. The van der Waals surface area contributed by atoms with Crippen LogP contribution in [0.15, 0.2) is 60.7 Å². The first-order valence-corrected chi connectivity index (χ1v) is 8.15. The number of ketones is 1. The molecule has 104 valence electrons. The predicted molar refractivity (Wildman–Crippen MR) is 75.2 cm³/mol. The molecule has 0 unspecified atom stereocenters. The summed E-state index contributed by atoms with van der Waals surface area (Å²) in [5.74, 6) is -1.64. The van der Waals surface area contributed by atoms with E-state index in [0.29, 0.717) is 0 Å². The molecule has 2 aromatic rings. The fraction of sp³-hybridized carbons (Fsp3) is 0.133. The van der Waals surface area contributed by atoms with E-state index < -0.39 is 26.8 Å². The number of carbonyl (C=O) groups is 1. The molecule has 1 nitrogen and oxygen atoms in total. The summed E-state index contributed by atoms with van der Waals surface area (Å²) in [5.41, 5.74) is 0. The van der Waals surface area contributed by atoms with Gasteiger partial charge in [-0.2, -0.15) is 13.2 Å². The lowest BCUT2D eigenvalue weighted by Gasteiger charge is -2.16. The van der Waals surface area contributed by atoms with Crippen LogP contribution in [0.5, 0.6) is 0 Å². The highest BCUT2D eigenvalue weighted by Gasteiger charge is 2.39. The second-order valence-corrected chi connectivity index (χ2v) is 7.35. The van der Waals surface area contributed by atoms with Crippen LogP contribution in [-0.4, -0.2) is 20.8 Å². The molecule has 0 fully saturated rings. The molecule has 0 radical (unpaired) electrons. The Labute approximate surface area is 116 Å². The van der Waals surface area contributed by atoms with Gasteiger partial charge in [0, 0.05) is 6.04 Å². The number of hydrogen-bond donors (Lipinski definition) is 0. The van der Waals surface area contributed by atoms with Crippen molar-refractivity contribution in [3.05, 3.63) is 60.7 Å². The summed E-state index contributed by atoms with van der Waals surface area (Å²) >= 11 is 0. The minimum absolute atomic E-state index is 0.433. The summed E-state index contributed by atoms with van der Waals surface area (Å²) in [6.45, 7) is 0. The van der Waals surface area contributed by atoms with Gasteiger partial charge in [-0.25, -0.2) is 0 Å². The molecular formula is C15H13F3OSi. The quantitative estimate of drug-likeness (QED) is 0.790. The van der Waals surface area contributed by atoms with Crippen molar-refractivity contribution in [3.8, 4) is 0 Å². The van der Waals surface area contributed by atoms with Crippen LogP contribution in [0.2, 0.25) is 6.04 Å². The molecule has 0 aliphatic carbocycles. The van der Waals surface area contributed by atoms with Crippen LogP contribution >= 0.6 is 0 Å². The van der Waals surface area contributed by atoms with Crippen LogP contribution in [0.25, 0.3) is 0 Å². The molecule has 0 saturated carbocycles. The molecule has 20 heavy (non-hydrogen) atoms.